The Hall–Kier alpha value is -3.13. The van der Waals surface area contributed by atoms with E-state index in [0.717, 1.165) is 0 Å². The number of benzene rings is 3. The van der Waals surface area contributed by atoms with Gasteiger partial charge in [-0.25, -0.2) is 4.79 Å². The van der Waals surface area contributed by atoms with Gasteiger partial charge >= 0.3 is 5.97 Å². The van der Waals surface area contributed by atoms with E-state index in [9.17, 15) is 4.79 Å². The maximum Gasteiger partial charge on any atom is 0.334 e. The number of ether oxygens (including phenoxy) is 1. The number of fused-ring (bicyclic) bond motifs is 7. The van der Waals surface area contributed by atoms with Crippen molar-refractivity contribution in [2.45, 2.75) is 6.42 Å². The van der Waals surface area contributed by atoms with Crippen molar-refractivity contribution >= 4 is 28.9 Å². The molecular weight excluding hydrogens is 308 g/mol. The number of hydrogen-bond donors (Lipinski definition) is 0. The Bertz CT molecular complexity index is 1210. The number of hydrogen-bond acceptors (Lipinski definition) is 2. The van der Waals surface area contributed by atoms with Crippen molar-refractivity contribution in [2.24, 2.45) is 0 Å². The van der Waals surface area contributed by atoms with Gasteiger partial charge in [-0.3, -0.25) is 0 Å². The Labute approximate surface area is 145 Å². The van der Waals surface area contributed by atoms with Gasteiger partial charge in [-0.15, -0.1) is 0 Å². The fourth-order valence-corrected chi connectivity index (χ4v) is 3.98. The first kappa shape index (κ1) is 14.2. The van der Waals surface area contributed by atoms with Gasteiger partial charge in [-0.2, -0.15) is 0 Å². The number of allylic oxidation sites excluding steroid dienone is 1. The van der Waals surface area contributed by atoms with Gasteiger partial charge in [-0.1, -0.05) is 60.7 Å². The summed E-state index contributed by atoms with van der Waals surface area (Å²) >= 11 is 0. The molecule has 0 fully saturated rings. The molecule has 2 nitrogen and oxygen atoms in total. The lowest BCUT2D eigenvalue weighted by Gasteiger charge is -2.13. The van der Waals surface area contributed by atoms with Gasteiger partial charge in [0.25, 0.3) is 0 Å². The van der Waals surface area contributed by atoms with E-state index in [4.69, 9.17) is 4.74 Å². The molecular formula is C23H16O2. The Kier molecular flexibility index (Phi) is 2.95. The Morgan fingerprint density at radius 2 is 1.68 bits per heavy atom. The predicted octanol–water partition coefficient (Wildman–Crippen LogP) is 3.09. The van der Waals surface area contributed by atoms with Crippen LogP contribution in [-0.2, 0) is 16.0 Å². The molecule has 0 spiro atoms. The van der Waals surface area contributed by atoms with Gasteiger partial charge in [-0.05, 0) is 49.5 Å². The molecule has 0 amide bonds. The van der Waals surface area contributed by atoms with Crippen molar-refractivity contribution in [3.63, 3.8) is 0 Å². The molecule has 0 unspecified atom stereocenters. The zero-order chi connectivity index (χ0) is 17.0. The lowest BCUT2D eigenvalue weighted by molar-refractivity contribution is -0.136. The first-order chi connectivity index (χ1) is 12.3. The molecule has 0 aliphatic heterocycles. The molecule has 2 aliphatic rings. The molecule has 2 aliphatic carbocycles. The maximum absolute atomic E-state index is 11.8. The molecule has 5 rings (SSSR count). The lowest BCUT2D eigenvalue weighted by atomic mass is 9.92. The fourth-order valence-electron chi connectivity index (χ4n) is 3.98. The van der Waals surface area contributed by atoms with Crippen LogP contribution >= 0.6 is 0 Å². The number of esters is 1. The van der Waals surface area contributed by atoms with Crippen LogP contribution < -0.4 is 10.4 Å². The third-order valence-electron chi connectivity index (χ3n) is 5.20. The predicted molar refractivity (Wildman–Crippen MR) is 100 cm³/mol. The smallest absolute Gasteiger partial charge is 0.334 e. The third kappa shape index (κ3) is 2.01. The standard InChI is InChI=1S/C23H16O2/c1-25-23(24)16-7-8-18-15(12-16)6-9-21-19(18)10-11-20-17-5-3-2-4-14(17)13-22(20)21/h2-11,13H,12H2,1H3. The topological polar surface area (TPSA) is 26.3 Å². The highest BCUT2D eigenvalue weighted by atomic mass is 16.5. The summed E-state index contributed by atoms with van der Waals surface area (Å²) in [5.74, 6) is -0.250. The molecule has 0 atom stereocenters. The van der Waals surface area contributed by atoms with Crippen LogP contribution in [0.25, 0.3) is 34.1 Å². The van der Waals surface area contributed by atoms with E-state index in [1.165, 1.54) is 50.6 Å². The average molecular weight is 324 g/mol. The van der Waals surface area contributed by atoms with E-state index < -0.39 is 0 Å². The second-order valence-electron chi connectivity index (χ2n) is 6.52. The van der Waals surface area contributed by atoms with Crippen LogP contribution in [0.5, 0.6) is 0 Å². The zero-order valence-corrected chi connectivity index (χ0v) is 13.9. The van der Waals surface area contributed by atoms with Crippen LogP contribution in [0.3, 0.4) is 0 Å². The summed E-state index contributed by atoms with van der Waals surface area (Å²) < 4.78 is 4.86. The van der Waals surface area contributed by atoms with Gasteiger partial charge in [0.15, 0.2) is 0 Å². The van der Waals surface area contributed by atoms with Gasteiger partial charge in [0.1, 0.15) is 0 Å². The number of carbonyl (C=O) groups is 1. The van der Waals surface area contributed by atoms with Gasteiger partial charge in [0, 0.05) is 12.0 Å². The molecule has 0 radical (unpaired) electrons. The highest BCUT2D eigenvalue weighted by Gasteiger charge is 2.17. The van der Waals surface area contributed by atoms with Gasteiger partial charge < -0.3 is 4.74 Å². The van der Waals surface area contributed by atoms with E-state index in [1.54, 1.807) is 0 Å². The molecule has 0 bridgehead atoms. The van der Waals surface area contributed by atoms with Crippen molar-refractivity contribution in [3.05, 3.63) is 81.7 Å². The first-order valence-electron chi connectivity index (χ1n) is 8.41. The third-order valence-corrected chi connectivity index (χ3v) is 5.20. The van der Waals surface area contributed by atoms with E-state index in [2.05, 4.69) is 54.6 Å². The molecule has 3 aromatic rings. The Morgan fingerprint density at radius 3 is 2.56 bits per heavy atom. The van der Waals surface area contributed by atoms with E-state index in [0.29, 0.717) is 12.0 Å². The molecule has 0 saturated carbocycles. The monoisotopic (exact) mass is 324 g/mol. The quantitative estimate of drug-likeness (QED) is 0.503. The number of methoxy groups -OCH3 is 1. The second kappa shape index (κ2) is 5.18. The van der Waals surface area contributed by atoms with Gasteiger partial charge in [0.2, 0.25) is 0 Å². The number of rotatable bonds is 1. The van der Waals surface area contributed by atoms with Gasteiger partial charge in [0.05, 0.1) is 7.11 Å². The zero-order valence-electron chi connectivity index (χ0n) is 13.9. The molecule has 3 aromatic carbocycles. The Morgan fingerprint density at radius 1 is 0.880 bits per heavy atom. The lowest BCUT2D eigenvalue weighted by Crippen LogP contribution is -2.20. The average Bonchev–Trinajstić information content (AvgIpc) is 3.05. The summed E-state index contributed by atoms with van der Waals surface area (Å²) in [6.45, 7) is 0. The molecule has 25 heavy (non-hydrogen) atoms. The summed E-state index contributed by atoms with van der Waals surface area (Å²) in [6, 6.07) is 17.3. The molecule has 0 aromatic heterocycles. The summed E-state index contributed by atoms with van der Waals surface area (Å²) in [4.78, 5) is 11.8. The SMILES string of the molecule is COC(=O)C1=CC=c2c(ccc3c4c(ccc23)-c2ccccc2C=4)C1. The summed E-state index contributed by atoms with van der Waals surface area (Å²) in [5, 5.41) is 4.99. The molecule has 2 heteroatoms. The van der Waals surface area contributed by atoms with Crippen molar-refractivity contribution in [3.8, 4) is 11.1 Å². The van der Waals surface area contributed by atoms with Crippen LogP contribution in [0, 0.1) is 0 Å². The Balaban J connectivity index is 1.79. The molecule has 0 heterocycles. The molecule has 0 N–H and O–H groups in total. The van der Waals surface area contributed by atoms with Crippen LogP contribution in [0.15, 0.2) is 60.2 Å². The minimum Gasteiger partial charge on any atom is -0.466 e. The van der Waals surface area contributed by atoms with Crippen molar-refractivity contribution in [1.82, 2.24) is 0 Å². The van der Waals surface area contributed by atoms with Crippen molar-refractivity contribution < 1.29 is 9.53 Å². The molecule has 120 valence electrons. The van der Waals surface area contributed by atoms with Crippen molar-refractivity contribution in [1.29, 1.82) is 0 Å². The second-order valence-corrected chi connectivity index (χ2v) is 6.52. The normalized spacial score (nSPS) is 13.9. The van der Waals surface area contributed by atoms with Crippen LogP contribution in [0.2, 0.25) is 0 Å². The maximum atomic E-state index is 11.8. The van der Waals surface area contributed by atoms with E-state index in [1.807, 2.05) is 12.2 Å². The van der Waals surface area contributed by atoms with Crippen molar-refractivity contribution in [2.75, 3.05) is 7.11 Å². The van der Waals surface area contributed by atoms with Crippen LogP contribution in [0.4, 0.5) is 0 Å². The highest BCUT2D eigenvalue weighted by molar-refractivity contribution is 5.97. The minimum absolute atomic E-state index is 0.250. The summed E-state index contributed by atoms with van der Waals surface area (Å²) in [7, 11) is 1.43. The minimum atomic E-state index is -0.250. The number of carbonyl (C=O) groups excluding carboxylic acids is 1. The summed E-state index contributed by atoms with van der Waals surface area (Å²) in [6.07, 6.45) is 6.83. The highest BCUT2D eigenvalue weighted by Crippen LogP contribution is 2.28. The van der Waals surface area contributed by atoms with E-state index in [-0.39, 0.29) is 5.97 Å². The van der Waals surface area contributed by atoms with Crippen LogP contribution in [0.1, 0.15) is 11.1 Å². The van der Waals surface area contributed by atoms with Crippen LogP contribution in [-0.4, -0.2) is 13.1 Å². The molecule has 0 saturated heterocycles. The van der Waals surface area contributed by atoms with E-state index >= 15 is 0 Å². The fraction of sp³-hybridized carbons (Fsp3) is 0.0870. The largest absolute Gasteiger partial charge is 0.466 e. The first-order valence-corrected chi connectivity index (χ1v) is 8.41. The summed E-state index contributed by atoms with van der Waals surface area (Å²) in [5.41, 5.74) is 5.75.